The van der Waals surface area contributed by atoms with Gasteiger partial charge < -0.3 is 18.9 Å². The molecule has 0 radical (unpaired) electrons. The van der Waals surface area contributed by atoms with Crippen LogP contribution in [0.1, 0.15) is 27.6 Å². The summed E-state index contributed by atoms with van der Waals surface area (Å²) in [4.78, 5) is 11.4. The summed E-state index contributed by atoms with van der Waals surface area (Å²) >= 11 is 0. The van der Waals surface area contributed by atoms with Gasteiger partial charge in [-0.2, -0.15) is 0 Å². The third-order valence-corrected chi connectivity index (χ3v) is 2.55. The molecule has 0 saturated carbocycles. The van der Waals surface area contributed by atoms with E-state index >= 15 is 0 Å². The Kier molecular flexibility index (Phi) is 3.84. The molecule has 5 heteroatoms. The van der Waals surface area contributed by atoms with Gasteiger partial charge in [0.1, 0.15) is 22.8 Å². The van der Waals surface area contributed by atoms with Crippen molar-refractivity contribution in [3.63, 3.8) is 0 Å². The van der Waals surface area contributed by atoms with Crippen LogP contribution < -0.4 is 5.32 Å². The van der Waals surface area contributed by atoms with E-state index in [2.05, 4.69) is 10.1 Å². The third-order valence-electron chi connectivity index (χ3n) is 2.55. The Balaban J connectivity index is 1.92. The minimum Gasteiger partial charge on any atom is -0.468 e. The van der Waals surface area contributed by atoms with Crippen molar-refractivity contribution >= 4 is 5.97 Å². The van der Waals surface area contributed by atoms with E-state index in [1.54, 1.807) is 19.3 Å². The van der Waals surface area contributed by atoms with Crippen molar-refractivity contribution in [1.82, 2.24) is 5.32 Å². The van der Waals surface area contributed by atoms with Crippen LogP contribution in [0.25, 0.3) is 0 Å². The van der Waals surface area contributed by atoms with Crippen molar-refractivity contribution in [2.24, 2.45) is 0 Å². The fraction of sp³-hybridized carbons (Fsp3) is 0.308. The first-order chi connectivity index (χ1) is 8.70. The lowest BCUT2D eigenvalue weighted by molar-refractivity contribution is 0.0599. The average Bonchev–Trinajstić information content (AvgIpc) is 2.98. The van der Waals surface area contributed by atoms with Crippen LogP contribution in [0.5, 0.6) is 0 Å². The lowest BCUT2D eigenvalue weighted by Gasteiger charge is -1.98. The van der Waals surface area contributed by atoms with Gasteiger partial charge in [-0.05, 0) is 25.1 Å². The van der Waals surface area contributed by atoms with Crippen molar-refractivity contribution in [3.8, 4) is 0 Å². The number of esters is 1. The van der Waals surface area contributed by atoms with Crippen LogP contribution >= 0.6 is 0 Å². The summed E-state index contributed by atoms with van der Waals surface area (Å²) in [5.74, 6) is 1.73. The summed E-state index contributed by atoms with van der Waals surface area (Å²) in [6, 6.07) is 5.42. The smallest absolute Gasteiger partial charge is 0.341 e. The zero-order valence-electron chi connectivity index (χ0n) is 10.4. The average molecular weight is 249 g/mol. The van der Waals surface area contributed by atoms with Gasteiger partial charge in [-0.25, -0.2) is 4.79 Å². The highest BCUT2D eigenvalue weighted by atomic mass is 16.5. The molecule has 0 bridgehead atoms. The summed E-state index contributed by atoms with van der Waals surface area (Å²) in [6.07, 6.45) is 1.63. The van der Waals surface area contributed by atoms with Crippen LogP contribution in [0.15, 0.2) is 33.3 Å². The highest BCUT2D eigenvalue weighted by Gasteiger charge is 2.14. The van der Waals surface area contributed by atoms with E-state index in [1.807, 2.05) is 12.1 Å². The second-order valence-electron chi connectivity index (χ2n) is 3.86. The van der Waals surface area contributed by atoms with Crippen molar-refractivity contribution in [2.45, 2.75) is 20.0 Å². The Bertz CT molecular complexity index is 513. The predicted octanol–water partition coefficient (Wildman–Crippen LogP) is 2.26. The number of aryl methyl sites for hydroxylation is 1. The largest absolute Gasteiger partial charge is 0.468 e. The predicted molar refractivity (Wildman–Crippen MR) is 64.0 cm³/mol. The lowest BCUT2D eigenvalue weighted by Crippen LogP contribution is -2.11. The number of ether oxygens (including phenoxy) is 1. The van der Waals surface area contributed by atoms with E-state index in [9.17, 15) is 4.79 Å². The quantitative estimate of drug-likeness (QED) is 0.823. The zero-order valence-corrected chi connectivity index (χ0v) is 10.4. The van der Waals surface area contributed by atoms with Crippen LogP contribution in [-0.2, 0) is 17.8 Å². The molecule has 5 nitrogen and oxygen atoms in total. The van der Waals surface area contributed by atoms with Crippen LogP contribution in [-0.4, -0.2) is 13.1 Å². The first-order valence-corrected chi connectivity index (χ1v) is 5.61. The van der Waals surface area contributed by atoms with Crippen LogP contribution in [0.2, 0.25) is 0 Å². The number of rotatable bonds is 5. The first-order valence-electron chi connectivity index (χ1n) is 5.61. The number of methoxy groups -OCH3 is 1. The molecule has 18 heavy (non-hydrogen) atoms. The van der Waals surface area contributed by atoms with Crippen molar-refractivity contribution in [3.05, 3.63) is 47.3 Å². The van der Waals surface area contributed by atoms with E-state index in [-0.39, 0.29) is 5.97 Å². The molecule has 1 N–H and O–H groups in total. The summed E-state index contributed by atoms with van der Waals surface area (Å²) in [6.45, 7) is 2.88. The van der Waals surface area contributed by atoms with Gasteiger partial charge >= 0.3 is 5.97 Å². The number of nitrogens with one attached hydrogen (secondary N) is 1. The Hall–Kier alpha value is -2.01. The molecule has 0 saturated heterocycles. The number of carbonyl (C=O) groups is 1. The highest BCUT2D eigenvalue weighted by Crippen LogP contribution is 2.15. The molecule has 0 aliphatic heterocycles. The van der Waals surface area contributed by atoms with Gasteiger partial charge in [0.05, 0.1) is 26.5 Å². The summed E-state index contributed by atoms with van der Waals surface area (Å²) in [5.41, 5.74) is 0.465. The molecule has 2 heterocycles. The molecule has 0 spiro atoms. The van der Waals surface area contributed by atoms with Gasteiger partial charge in [-0.15, -0.1) is 0 Å². The molecule has 2 rings (SSSR count). The van der Waals surface area contributed by atoms with Gasteiger partial charge in [-0.3, -0.25) is 0 Å². The Morgan fingerprint density at radius 2 is 2.17 bits per heavy atom. The summed E-state index contributed by atoms with van der Waals surface area (Å²) in [7, 11) is 1.35. The first kappa shape index (κ1) is 12.4. The summed E-state index contributed by atoms with van der Waals surface area (Å²) in [5, 5.41) is 3.16. The standard InChI is InChI=1S/C13H15NO4/c1-9-12(13(15)16-2)6-11(18-9)8-14-7-10-4-3-5-17-10/h3-6,14H,7-8H2,1-2H3. The fourth-order valence-electron chi connectivity index (χ4n) is 1.67. The zero-order chi connectivity index (χ0) is 13.0. The van der Waals surface area contributed by atoms with E-state index < -0.39 is 0 Å². The van der Waals surface area contributed by atoms with Gasteiger partial charge in [0.15, 0.2) is 0 Å². The number of hydrogen-bond acceptors (Lipinski definition) is 5. The summed E-state index contributed by atoms with van der Waals surface area (Å²) < 4.78 is 15.3. The van der Waals surface area contributed by atoms with Crippen molar-refractivity contribution in [1.29, 1.82) is 0 Å². The van der Waals surface area contributed by atoms with E-state index in [0.29, 0.717) is 30.2 Å². The molecule has 0 unspecified atom stereocenters. The molecule has 2 aromatic heterocycles. The SMILES string of the molecule is COC(=O)c1cc(CNCc2ccco2)oc1C. The molecule has 0 aromatic carbocycles. The maximum Gasteiger partial charge on any atom is 0.341 e. The number of carbonyl (C=O) groups excluding carboxylic acids is 1. The third kappa shape index (κ3) is 2.81. The van der Waals surface area contributed by atoms with Crippen LogP contribution in [0, 0.1) is 6.92 Å². The highest BCUT2D eigenvalue weighted by molar-refractivity contribution is 5.90. The van der Waals surface area contributed by atoms with Gasteiger partial charge in [0.25, 0.3) is 0 Å². The van der Waals surface area contributed by atoms with Crippen molar-refractivity contribution < 1.29 is 18.4 Å². The molecule has 96 valence electrons. The maximum atomic E-state index is 11.4. The molecule has 0 atom stereocenters. The van der Waals surface area contributed by atoms with E-state index in [0.717, 1.165) is 5.76 Å². The number of hydrogen-bond donors (Lipinski definition) is 1. The molecular formula is C13H15NO4. The monoisotopic (exact) mass is 249 g/mol. The fourth-order valence-corrected chi connectivity index (χ4v) is 1.67. The molecule has 0 aliphatic rings. The molecule has 0 amide bonds. The molecular weight excluding hydrogens is 234 g/mol. The minimum absolute atomic E-state index is 0.381. The minimum atomic E-state index is -0.381. The molecule has 0 fully saturated rings. The van der Waals surface area contributed by atoms with E-state index in [4.69, 9.17) is 8.83 Å². The maximum absolute atomic E-state index is 11.4. The Labute approximate surface area is 105 Å². The lowest BCUT2D eigenvalue weighted by atomic mass is 10.2. The van der Waals surface area contributed by atoms with Crippen molar-refractivity contribution in [2.75, 3.05) is 7.11 Å². The Morgan fingerprint density at radius 3 is 2.83 bits per heavy atom. The van der Waals surface area contributed by atoms with Gasteiger partial charge in [0, 0.05) is 0 Å². The van der Waals surface area contributed by atoms with Crippen LogP contribution in [0.3, 0.4) is 0 Å². The second-order valence-corrected chi connectivity index (χ2v) is 3.86. The van der Waals surface area contributed by atoms with Gasteiger partial charge in [-0.1, -0.05) is 0 Å². The number of furan rings is 2. The second kappa shape index (κ2) is 5.55. The van der Waals surface area contributed by atoms with Crippen LogP contribution in [0.4, 0.5) is 0 Å². The molecule has 0 aliphatic carbocycles. The van der Waals surface area contributed by atoms with Gasteiger partial charge in [0.2, 0.25) is 0 Å². The Morgan fingerprint density at radius 1 is 1.39 bits per heavy atom. The van der Waals surface area contributed by atoms with E-state index in [1.165, 1.54) is 7.11 Å². The molecule has 2 aromatic rings. The topological polar surface area (TPSA) is 64.6 Å². The normalized spacial score (nSPS) is 10.6.